The number of allylic oxidation sites excluding steroid dienone is 1. The molecule has 8 atom stereocenters. The monoisotopic (exact) mass is 402 g/mol. The molecule has 1 heterocycles. The molecule has 0 spiro atoms. The molecule has 0 radical (unpaired) electrons. The lowest BCUT2D eigenvalue weighted by atomic mass is 9.48. The van der Waals surface area contributed by atoms with Gasteiger partial charge in [-0.05, 0) is 104 Å². The summed E-state index contributed by atoms with van der Waals surface area (Å²) in [5.41, 5.74) is 0.550. The molecule has 4 aliphatic carbocycles. The Morgan fingerprint density at radius 1 is 1.14 bits per heavy atom. The number of hydrogen-bond donors (Lipinski definition) is 1. The minimum Gasteiger partial charge on any atom is -0.387 e. The molecule has 1 aromatic rings. The summed E-state index contributed by atoms with van der Waals surface area (Å²) in [5.74, 6) is 4.12. The van der Waals surface area contributed by atoms with Gasteiger partial charge in [0.2, 0.25) is 0 Å². The molecule has 4 saturated carbocycles. The van der Waals surface area contributed by atoms with Crippen molar-refractivity contribution in [3.8, 4) is 0 Å². The first-order valence-corrected chi connectivity index (χ1v) is 11.6. The van der Waals surface area contributed by atoms with Crippen LogP contribution in [0.3, 0.4) is 0 Å². The summed E-state index contributed by atoms with van der Waals surface area (Å²) >= 11 is 0. The zero-order valence-corrected chi connectivity index (χ0v) is 17.6. The van der Waals surface area contributed by atoms with Gasteiger partial charge in [-0.1, -0.05) is 19.1 Å². The summed E-state index contributed by atoms with van der Waals surface area (Å²) in [7, 11) is 0. The van der Waals surface area contributed by atoms with Crippen LogP contribution in [0.2, 0.25) is 0 Å². The zero-order chi connectivity index (χ0) is 20.2. The van der Waals surface area contributed by atoms with E-state index in [1.54, 1.807) is 4.80 Å². The molecule has 6 heteroatoms. The Kier molecular flexibility index (Phi) is 4.84. The van der Waals surface area contributed by atoms with Gasteiger partial charge in [0.05, 0.1) is 12.1 Å². The van der Waals surface area contributed by atoms with Crippen LogP contribution in [-0.2, 0) is 6.54 Å². The highest BCUT2D eigenvalue weighted by Crippen LogP contribution is 2.65. The summed E-state index contributed by atoms with van der Waals surface area (Å²) in [6.07, 6.45) is 11.4. The Hall–Kier alpha value is -1.30. The van der Waals surface area contributed by atoms with Crippen LogP contribution in [0.25, 0.3) is 0 Å². The average Bonchev–Trinajstić information content (AvgIpc) is 3.34. The van der Waals surface area contributed by atoms with Crippen LogP contribution < -0.4 is 0 Å². The van der Waals surface area contributed by atoms with E-state index in [4.69, 9.17) is 0 Å². The number of aromatic nitrogens is 4. The molecule has 4 fully saturated rings. The first kappa shape index (κ1) is 19.7. The van der Waals surface area contributed by atoms with E-state index in [1.165, 1.54) is 50.4 Å². The Labute approximate surface area is 173 Å². The Morgan fingerprint density at radius 2 is 1.97 bits per heavy atom. The van der Waals surface area contributed by atoms with Gasteiger partial charge >= 0.3 is 0 Å². The third kappa shape index (κ3) is 3.17. The second-order valence-corrected chi connectivity index (χ2v) is 10.8. The molecule has 4 aliphatic rings. The Bertz CT molecular complexity index is 754. The molecule has 160 valence electrons. The van der Waals surface area contributed by atoms with E-state index in [1.807, 2.05) is 0 Å². The van der Waals surface area contributed by atoms with Crippen molar-refractivity contribution in [3.05, 3.63) is 18.5 Å². The molecule has 1 aromatic heterocycles. The molecule has 0 amide bonds. The highest BCUT2D eigenvalue weighted by Gasteiger charge is 2.58. The number of halogens is 1. The van der Waals surface area contributed by atoms with Crippen molar-refractivity contribution in [2.75, 3.05) is 6.67 Å². The molecule has 0 bridgehead atoms. The summed E-state index contributed by atoms with van der Waals surface area (Å²) in [4.78, 5) is 1.66. The first-order valence-electron chi connectivity index (χ1n) is 11.6. The van der Waals surface area contributed by atoms with Crippen LogP contribution in [0.15, 0.2) is 18.5 Å². The van der Waals surface area contributed by atoms with E-state index in [2.05, 4.69) is 28.9 Å². The molecule has 5 rings (SSSR count). The average molecular weight is 403 g/mol. The fourth-order valence-electron chi connectivity index (χ4n) is 8.31. The van der Waals surface area contributed by atoms with Crippen molar-refractivity contribution in [3.63, 3.8) is 0 Å². The molecule has 0 aliphatic heterocycles. The number of tetrazole rings is 1. The molecule has 0 saturated heterocycles. The van der Waals surface area contributed by atoms with Crippen molar-refractivity contribution in [1.29, 1.82) is 0 Å². The van der Waals surface area contributed by atoms with Crippen molar-refractivity contribution in [2.45, 2.75) is 76.9 Å². The predicted octanol–water partition coefficient (Wildman–Crippen LogP) is 4.20. The molecule has 5 nitrogen and oxygen atoms in total. The van der Waals surface area contributed by atoms with Crippen LogP contribution in [0.1, 0.15) is 64.7 Å². The second kappa shape index (κ2) is 7.14. The van der Waals surface area contributed by atoms with Gasteiger partial charge in [-0.2, -0.15) is 4.80 Å². The van der Waals surface area contributed by atoms with Gasteiger partial charge in [0.25, 0.3) is 0 Å². The van der Waals surface area contributed by atoms with E-state index < -0.39 is 12.3 Å². The molecule has 0 unspecified atom stereocenters. The Morgan fingerprint density at radius 3 is 2.72 bits per heavy atom. The fraction of sp³-hybridized carbons (Fsp3) is 0.870. The number of hydrogen-bond acceptors (Lipinski definition) is 4. The summed E-state index contributed by atoms with van der Waals surface area (Å²) in [6, 6.07) is 0. The normalized spacial score (nSPS) is 46.6. The number of fused-ring (bicyclic) bond motifs is 5. The molecule has 1 N–H and O–H groups in total. The zero-order valence-electron chi connectivity index (χ0n) is 17.6. The maximum Gasteiger partial charge on any atom is 0.162 e. The topological polar surface area (TPSA) is 63.8 Å². The van der Waals surface area contributed by atoms with Crippen LogP contribution in [0, 0.1) is 40.9 Å². The number of alkyl halides is 1. The van der Waals surface area contributed by atoms with Gasteiger partial charge in [0, 0.05) is 0 Å². The van der Waals surface area contributed by atoms with Crippen molar-refractivity contribution in [1.82, 2.24) is 20.2 Å². The smallest absolute Gasteiger partial charge is 0.162 e. The van der Waals surface area contributed by atoms with Gasteiger partial charge in [0.1, 0.15) is 6.67 Å². The van der Waals surface area contributed by atoms with Crippen LogP contribution >= 0.6 is 0 Å². The second-order valence-electron chi connectivity index (χ2n) is 10.8. The van der Waals surface area contributed by atoms with Gasteiger partial charge in [-0.3, -0.25) is 0 Å². The summed E-state index contributed by atoms with van der Waals surface area (Å²) in [5, 5.41) is 22.5. The van der Waals surface area contributed by atoms with E-state index in [0.717, 1.165) is 24.2 Å². The highest BCUT2D eigenvalue weighted by atomic mass is 19.1. The summed E-state index contributed by atoms with van der Waals surface area (Å²) < 4.78 is 13.4. The van der Waals surface area contributed by atoms with Gasteiger partial charge < -0.3 is 5.11 Å². The standard InChI is InChI=1S/C23H35FN4O/c1-15(12-28-26-14-25-27-28)20-5-6-21-19-4-3-16-11-23(29,13-24)10-8-17(16)18(19)7-9-22(20,21)2/h14,16-21,29H,1,3-13H2,2H3/t16-,17-,18+,19+,20+,21-,22+,23-/m0/s1. The molecule has 0 aromatic carbocycles. The van der Waals surface area contributed by atoms with E-state index in [-0.39, 0.29) is 0 Å². The minimum absolute atomic E-state index is 0.333. The third-order valence-corrected chi connectivity index (χ3v) is 9.58. The lowest BCUT2D eigenvalue weighted by Gasteiger charge is -2.57. The maximum atomic E-state index is 13.4. The Balaban J connectivity index is 1.31. The van der Waals surface area contributed by atoms with Gasteiger partial charge in [-0.25, -0.2) is 4.39 Å². The number of nitrogens with zero attached hydrogens (tertiary/aromatic N) is 4. The highest BCUT2D eigenvalue weighted by molar-refractivity contribution is 5.15. The van der Waals surface area contributed by atoms with Crippen LogP contribution in [0.5, 0.6) is 0 Å². The summed E-state index contributed by atoms with van der Waals surface area (Å²) in [6.45, 7) is 7.07. The lowest BCUT2D eigenvalue weighted by molar-refractivity contribution is -0.110. The van der Waals surface area contributed by atoms with Crippen LogP contribution in [-0.4, -0.2) is 37.6 Å². The minimum atomic E-state index is -1.04. The third-order valence-electron chi connectivity index (χ3n) is 9.58. The quantitative estimate of drug-likeness (QED) is 0.767. The number of aliphatic hydroxyl groups is 1. The van der Waals surface area contributed by atoms with Crippen molar-refractivity contribution < 1.29 is 9.50 Å². The number of rotatable bonds is 4. The van der Waals surface area contributed by atoms with Gasteiger partial charge in [-0.15, -0.1) is 10.2 Å². The first-order chi connectivity index (χ1) is 13.9. The van der Waals surface area contributed by atoms with E-state index in [0.29, 0.717) is 42.6 Å². The lowest BCUT2D eigenvalue weighted by Crippen LogP contribution is -2.51. The largest absolute Gasteiger partial charge is 0.387 e. The van der Waals surface area contributed by atoms with Crippen LogP contribution in [0.4, 0.5) is 4.39 Å². The van der Waals surface area contributed by atoms with Gasteiger partial charge in [0.15, 0.2) is 6.33 Å². The van der Waals surface area contributed by atoms with E-state index in [9.17, 15) is 9.50 Å². The SMILES string of the molecule is C=C(Cn1ncnn1)[C@H]1CC[C@H]2[C@@H]3CC[C@H]4C[C@](O)(CF)CC[C@@H]4[C@H]3CC[C@]12C. The van der Waals surface area contributed by atoms with Crippen molar-refractivity contribution >= 4 is 0 Å². The molecular weight excluding hydrogens is 367 g/mol. The molecule has 29 heavy (non-hydrogen) atoms. The molecular formula is C23H35FN4O. The fourth-order valence-corrected chi connectivity index (χ4v) is 8.31. The van der Waals surface area contributed by atoms with E-state index >= 15 is 0 Å². The predicted molar refractivity (Wildman–Crippen MR) is 108 cm³/mol. The van der Waals surface area contributed by atoms with Crippen molar-refractivity contribution in [2.24, 2.45) is 40.9 Å². The maximum absolute atomic E-state index is 13.4.